The largest absolute Gasteiger partial charge is 0.435 e. The summed E-state index contributed by atoms with van der Waals surface area (Å²) in [6.07, 6.45) is -3.70. The van der Waals surface area contributed by atoms with E-state index in [1.54, 1.807) is 32.3 Å². The van der Waals surface area contributed by atoms with Crippen molar-refractivity contribution in [3.05, 3.63) is 51.3 Å². The molecule has 0 aliphatic rings. The Morgan fingerprint density at radius 3 is 2.48 bits per heavy atom. The maximum Gasteiger partial charge on any atom is 0.435 e. The zero-order valence-corrected chi connectivity index (χ0v) is 15.1. The standard InChI is InChI=1S/C15H15Cl2F3N4O/c1-22(2)24(7-9-5-4-6-11(16)12(9)17)14(25)10-8-23(3)21-13(10)15(18,19)20/h4-6,8H,7H2,1-3H3. The van der Waals surface area contributed by atoms with Gasteiger partial charge in [-0.2, -0.15) is 18.3 Å². The van der Waals surface area contributed by atoms with Crippen LogP contribution >= 0.6 is 23.2 Å². The van der Waals surface area contributed by atoms with Gasteiger partial charge < -0.3 is 0 Å². The number of aryl methyl sites for hydroxylation is 1. The van der Waals surface area contributed by atoms with E-state index in [0.717, 1.165) is 15.9 Å². The molecule has 0 aliphatic carbocycles. The fourth-order valence-electron chi connectivity index (χ4n) is 2.22. The van der Waals surface area contributed by atoms with E-state index in [9.17, 15) is 18.0 Å². The number of hydrazine groups is 1. The Morgan fingerprint density at radius 1 is 1.28 bits per heavy atom. The van der Waals surface area contributed by atoms with Crippen LogP contribution in [0.4, 0.5) is 13.2 Å². The van der Waals surface area contributed by atoms with Gasteiger partial charge in [0.15, 0.2) is 5.69 Å². The number of amides is 1. The summed E-state index contributed by atoms with van der Waals surface area (Å²) in [5.41, 5.74) is -1.26. The van der Waals surface area contributed by atoms with Crippen LogP contribution in [0.15, 0.2) is 24.4 Å². The average molecular weight is 395 g/mol. The first-order valence-corrected chi connectivity index (χ1v) is 7.80. The molecule has 0 unspecified atom stereocenters. The molecule has 0 spiro atoms. The van der Waals surface area contributed by atoms with Gasteiger partial charge in [-0.1, -0.05) is 35.3 Å². The molecule has 0 saturated heterocycles. The molecular formula is C15H15Cl2F3N4O. The zero-order chi connectivity index (χ0) is 18.9. The summed E-state index contributed by atoms with van der Waals surface area (Å²) >= 11 is 12.1. The molecule has 25 heavy (non-hydrogen) atoms. The van der Waals surface area contributed by atoms with Gasteiger partial charge in [-0.15, -0.1) is 0 Å². The molecule has 0 aliphatic heterocycles. The van der Waals surface area contributed by atoms with Gasteiger partial charge in [0, 0.05) is 27.3 Å². The van der Waals surface area contributed by atoms with Crippen molar-refractivity contribution in [2.75, 3.05) is 14.1 Å². The van der Waals surface area contributed by atoms with Gasteiger partial charge in [0.1, 0.15) is 0 Å². The molecule has 1 aromatic carbocycles. The van der Waals surface area contributed by atoms with E-state index in [4.69, 9.17) is 23.2 Å². The lowest BCUT2D eigenvalue weighted by Crippen LogP contribution is -2.42. The summed E-state index contributed by atoms with van der Waals surface area (Å²) in [6, 6.07) is 4.87. The first-order chi connectivity index (χ1) is 11.5. The van der Waals surface area contributed by atoms with Crippen molar-refractivity contribution in [2.24, 2.45) is 7.05 Å². The van der Waals surface area contributed by atoms with Gasteiger partial charge in [-0.3, -0.25) is 14.5 Å². The first kappa shape index (κ1) is 19.6. The molecule has 5 nitrogen and oxygen atoms in total. The van der Waals surface area contributed by atoms with Crippen LogP contribution in [0.3, 0.4) is 0 Å². The maximum atomic E-state index is 13.1. The SMILES string of the molecule is CN(C)N(Cc1cccc(Cl)c1Cl)C(=O)c1cn(C)nc1C(F)(F)F. The van der Waals surface area contributed by atoms with E-state index in [1.807, 2.05) is 0 Å². The van der Waals surface area contributed by atoms with Crippen molar-refractivity contribution in [2.45, 2.75) is 12.7 Å². The molecule has 1 aromatic heterocycles. The number of benzene rings is 1. The Morgan fingerprint density at radius 2 is 1.92 bits per heavy atom. The van der Waals surface area contributed by atoms with E-state index in [1.165, 1.54) is 12.1 Å². The third-order valence-corrected chi connectivity index (χ3v) is 4.25. The molecule has 2 rings (SSSR count). The zero-order valence-electron chi connectivity index (χ0n) is 13.6. The van der Waals surface area contributed by atoms with Gasteiger partial charge in [0.05, 0.1) is 22.2 Å². The molecule has 1 amide bonds. The first-order valence-electron chi connectivity index (χ1n) is 7.05. The van der Waals surface area contributed by atoms with Crippen LogP contribution in [0.2, 0.25) is 10.0 Å². The summed E-state index contributed by atoms with van der Waals surface area (Å²) in [7, 11) is 4.40. The quantitative estimate of drug-likeness (QED) is 0.739. The van der Waals surface area contributed by atoms with E-state index in [2.05, 4.69) is 5.10 Å². The van der Waals surface area contributed by atoms with Gasteiger partial charge in [0.2, 0.25) is 0 Å². The Kier molecular flexibility index (Phi) is 5.65. The number of halogens is 5. The fourth-order valence-corrected chi connectivity index (χ4v) is 2.60. The molecule has 136 valence electrons. The van der Waals surface area contributed by atoms with Gasteiger partial charge in [-0.05, 0) is 11.6 Å². The highest BCUT2D eigenvalue weighted by Gasteiger charge is 2.40. The minimum absolute atomic E-state index is 0.0442. The number of hydrogen-bond acceptors (Lipinski definition) is 3. The van der Waals surface area contributed by atoms with Crippen molar-refractivity contribution < 1.29 is 18.0 Å². The molecule has 0 radical (unpaired) electrons. The lowest BCUT2D eigenvalue weighted by Gasteiger charge is -2.29. The third kappa shape index (κ3) is 4.26. The Balaban J connectivity index is 2.42. The van der Waals surface area contributed by atoms with Crippen LogP contribution < -0.4 is 0 Å². The summed E-state index contributed by atoms with van der Waals surface area (Å²) in [6.45, 7) is -0.0442. The number of nitrogens with zero attached hydrogens (tertiary/aromatic N) is 4. The molecule has 10 heteroatoms. The predicted molar refractivity (Wildman–Crippen MR) is 88.2 cm³/mol. The van der Waals surface area contributed by atoms with Crippen molar-refractivity contribution >= 4 is 29.1 Å². The number of alkyl halides is 3. The molecule has 1 heterocycles. The van der Waals surface area contributed by atoms with Crippen LogP contribution in [0.25, 0.3) is 0 Å². The monoisotopic (exact) mass is 394 g/mol. The summed E-state index contributed by atoms with van der Waals surface area (Å²) < 4.78 is 40.3. The maximum absolute atomic E-state index is 13.1. The van der Waals surface area contributed by atoms with Crippen molar-refractivity contribution in [3.8, 4) is 0 Å². The van der Waals surface area contributed by atoms with Crippen molar-refractivity contribution in [1.29, 1.82) is 0 Å². The minimum Gasteiger partial charge on any atom is -0.274 e. The molecule has 0 fully saturated rings. The number of hydrogen-bond donors (Lipinski definition) is 0. The van der Waals surface area contributed by atoms with E-state index in [0.29, 0.717) is 10.6 Å². The van der Waals surface area contributed by atoms with E-state index in [-0.39, 0.29) is 11.6 Å². The topological polar surface area (TPSA) is 41.4 Å². The molecular weight excluding hydrogens is 380 g/mol. The smallest absolute Gasteiger partial charge is 0.274 e. The minimum atomic E-state index is -4.74. The Labute approximate surface area is 152 Å². The lowest BCUT2D eigenvalue weighted by molar-refractivity contribution is -0.142. The number of carbonyl (C=O) groups is 1. The Hall–Kier alpha value is -1.77. The molecule has 0 saturated carbocycles. The second-order valence-electron chi connectivity index (χ2n) is 5.49. The average Bonchev–Trinajstić information content (AvgIpc) is 2.90. The molecule has 0 bridgehead atoms. The normalized spacial score (nSPS) is 11.9. The second-order valence-corrected chi connectivity index (χ2v) is 6.27. The number of carbonyl (C=O) groups excluding carboxylic acids is 1. The van der Waals surface area contributed by atoms with Gasteiger partial charge in [-0.25, -0.2) is 5.01 Å². The molecule has 2 aromatic rings. The van der Waals surface area contributed by atoms with Crippen LogP contribution in [0, 0.1) is 0 Å². The third-order valence-electron chi connectivity index (χ3n) is 3.40. The van der Waals surface area contributed by atoms with Crippen LogP contribution in [-0.4, -0.2) is 39.8 Å². The highest BCUT2D eigenvalue weighted by molar-refractivity contribution is 6.42. The van der Waals surface area contributed by atoms with Crippen LogP contribution in [0.1, 0.15) is 21.6 Å². The van der Waals surface area contributed by atoms with E-state index < -0.39 is 23.3 Å². The fraction of sp³-hybridized carbons (Fsp3) is 0.333. The van der Waals surface area contributed by atoms with Gasteiger partial charge in [0.25, 0.3) is 5.91 Å². The lowest BCUT2D eigenvalue weighted by atomic mass is 10.2. The van der Waals surface area contributed by atoms with Crippen LogP contribution in [0.5, 0.6) is 0 Å². The van der Waals surface area contributed by atoms with Crippen molar-refractivity contribution in [3.63, 3.8) is 0 Å². The van der Waals surface area contributed by atoms with E-state index >= 15 is 0 Å². The van der Waals surface area contributed by atoms with Crippen LogP contribution in [-0.2, 0) is 19.8 Å². The van der Waals surface area contributed by atoms with Crippen molar-refractivity contribution in [1.82, 2.24) is 19.8 Å². The predicted octanol–water partition coefficient (Wildman–Crippen LogP) is 3.86. The Bertz CT molecular complexity index is 790. The highest BCUT2D eigenvalue weighted by Crippen LogP contribution is 2.32. The molecule has 0 N–H and O–H groups in total. The summed E-state index contributed by atoms with van der Waals surface area (Å²) in [4.78, 5) is 12.7. The molecule has 0 atom stereocenters. The van der Waals surface area contributed by atoms with Gasteiger partial charge >= 0.3 is 6.18 Å². The summed E-state index contributed by atoms with van der Waals surface area (Å²) in [5.74, 6) is -0.846. The number of aromatic nitrogens is 2. The highest BCUT2D eigenvalue weighted by atomic mass is 35.5. The summed E-state index contributed by atoms with van der Waals surface area (Å²) in [5, 5.41) is 6.41. The second kappa shape index (κ2) is 7.23. The number of rotatable bonds is 4.